The molecule has 0 N–H and O–H groups in total. The van der Waals surface area contributed by atoms with Gasteiger partial charge in [-0.25, -0.2) is 0 Å². The van der Waals surface area contributed by atoms with E-state index >= 15 is 0 Å². The van der Waals surface area contributed by atoms with Crippen molar-refractivity contribution in [2.45, 2.75) is 13.1 Å². The molecule has 0 bridgehead atoms. The van der Waals surface area contributed by atoms with Gasteiger partial charge in [-0.3, -0.25) is 4.99 Å². The quantitative estimate of drug-likeness (QED) is 0.395. The fourth-order valence-electron chi connectivity index (χ4n) is 0.309. The number of rotatable bonds is 0. The molecule has 4 heteroatoms. The van der Waals surface area contributed by atoms with E-state index < -0.39 is 0 Å². The van der Waals surface area contributed by atoms with Crippen LogP contribution in [-0.2, 0) is 0 Å². The molecule has 1 heterocycles. The van der Waals surface area contributed by atoms with Gasteiger partial charge in [-0.15, -0.1) is 0 Å². The average molecular weight is 134 g/mol. The van der Waals surface area contributed by atoms with E-state index in [-0.39, 0.29) is 6.17 Å². The van der Waals surface area contributed by atoms with Crippen molar-refractivity contribution in [3.05, 3.63) is 0 Å². The molecule has 2 nitrogen and oxygen atoms in total. The van der Waals surface area contributed by atoms with Crippen LogP contribution in [0, 0.1) is 0 Å². The number of nitrogens with zero attached hydrogens (tertiary/aromatic N) is 2. The van der Waals surface area contributed by atoms with E-state index in [1.54, 1.807) is 9.26 Å². The number of hydrogen-bond donors (Lipinski definition) is 1. The van der Waals surface area contributed by atoms with Gasteiger partial charge in [0.25, 0.3) is 0 Å². The van der Waals surface area contributed by atoms with E-state index in [0.717, 1.165) is 0 Å². The highest BCUT2D eigenvalue weighted by molar-refractivity contribution is 8.15. The van der Waals surface area contributed by atoms with Gasteiger partial charge in [0.2, 0.25) is 0 Å². The van der Waals surface area contributed by atoms with Crippen LogP contribution in [0.15, 0.2) is 4.99 Å². The molecular weight excluding hydrogens is 128 g/mol. The molecule has 0 aromatic carbocycles. The van der Waals surface area contributed by atoms with Crippen LogP contribution in [-0.4, -0.2) is 15.4 Å². The Morgan fingerprint density at radius 2 is 2.71 bits per heavy atom. The molecule has 1 rings (SSSR count). The fourth-order valence-corrected chi connectivity index (χ4v) is 1.05. The first-order valence-corrected chi connectivity index (χ1v) is 3.21. The zero-order chi connectivity index (χ0) is 5.28. The van der Waals surface area contributed by atoms with E-state index in [9.17, 15) is 0 Å². The van der Waals surface area contributed by atoms with E-state index in [2.05, 4.69) is 17.8 Å². The summed E-state index contributed by atoms with van der Waals surface area (Å²) in [6, 6.07) is 0. The summed E-state index contributed by atoms with van der Waals surface area (Å²) in [6.45, 7) is 1.99. The first-order valence-electron chi connectivity index (χ1n) is 1.97. The zero-order valence-electron chi connectivity index (χ0n) is 3.90. The van der Waals surface area contributed by atoms with Crippen molar-refractivity contribution in [1.82, 2.24) is 3.71 Å². The topological polar surface area (TPSA) is 15.6 Å². The van der Waals surface area contributed by atoms with Crippen molar-refractivity contribution < 1.29 is 0 Å². The highest BCUT2D eigenvalue weighted by Gasteiger charge is 2.11. The van der Waals surface area contributed by atoms with Gasteiger partial charge in [0, 0.05) is 0 Å². The Kier molecular flexibility index (Phi) is 1.61. The van der Waals surface area contributed by atoms with Gasteiger partial charge >= 0.3 is 0 Å². The minimum absolute atomic E-state index is 0.244. The van der Waals surface area contributed by atoms with Crippen molar-refractivity contribution in [2.24, 2.45) is 4.99 Å². The number of thiol groups is 1. The Morgan fingerprint density at radius 3 is 2.86 bits per heavy atom. The number of aliphatic imine (C=N–C) groups is 1. The van der Waals surface area contributed by atoms with Gasteiger partial charge in [-0.1, -0.05) is 12.8 Å². The van der Waals surface area contributed by atoms with Crippen LogP contribution in [0.25, 0.3) is 0 Å². The molecule has 1 aliphatic heterocycles. The van der Waals surface area contributed by atoms with Crippen LogP contribution in [0.5, 0.6) is 0 Å². The maximum atomic E-state index is 4.06. The second kappa shape index (κ2) is 2.07. The summed E-state index contributed by atoms with van der Waals surface area (Å²) in [5.41, 5.74) is 1.79. The maximum Gasteiger partial charge on any atom is 0.119 e. The number of hydrogen-bond acceptors (Lipinski definition) is 4. The standard InChI is InChI=1S/C3H6N2S2/c1-3-4-2-7-5(3)6/h2-3,6H,1H3. The van der Waals surface area contributed by atoms with Crippen LogP contribution < -0.4 is 0 Å². The van der Waals surface area contributed by atoms with Gasteiger partial charge in [0.05, 0.1) is 5.55 Å². The molecule has 0 aromatic heterocycles. The Morgan fingerprint density at radius 1 is 2.00 bits per heavy atom. The molecule has 0 radical (unpaired) electrons. The van der Waals surface area contributed by atoms with Gasteiger partial charge in [-0.05, 0) is 18.9 Å². The lowest BCUT2D eigenvalue weighted by atomic mass is 10.6. The van der Waals surface area contributed by atoms with Crippen LogP contribution in [0.3, 0.4) is 0 Å². The molecule has 0 saturated carbocycles. The molecule has 0 amide bonds. The predicted molar refractivity (Wildman–Crippen MR) is 36.4 cm³/mol. The molecule has 40 valence electrons. The highest BCUT2D eigenvalue weighted by Crippen LogP contribution is 2.20. The smallest absolute Gasteiger partial charge is 0.119 e. The highest BCUT2D eigenvalue weighted by atomic mass is 32.2. The molecule has 0 aliphatic carbocycles. The van der Waals surface area contributed by atoms with Gasteiger partial charge < -0.3 is 0 Å². The van der Waals surface area contributed by atoms with Gasteiger partial charge in [0.15, 0.2) is 0 Å². The summed E-state index contributed by atoms with van der Waals surface area (Å²) >= 11 is 5.57. The lowest BCUT2D eigenvalue weighted by Crippen LogP contribution is -2.08. The van der Waals surface area contributed by atoms with Crippen molar-refractivity contribution in [1.29, 1.82) is 0 Å². The van der Waals surface area contributed by atoms with Crippen LogP contribution in [0.1, 0.15) is 6.92 Å². The first-order chi connectivity index (χ1) is 3.30. The lowest BCUT2D eigenvalue weighted by molar-refractivity contribution is 0.599. The summed E-state index contributed by atoms with van der Waals surface area (Å²) in [4.78, 5) is 4.00. The third kappa shape index (κ3) is 1.11. The Hall–Kier alpha value is 0.330. The monoisotopic (exact) mass is 134 g/mol. The van der Waals surface area contributed by atoms with Crippen LogP contribution >= 0.6 is 24.8 Å². The normalized spacial score (nSPS) is 32.0. The molecule has 1 unspecified atom stereocenters. The van der Waals surface area contributed by atoms with Crippen molar-refractivity contribution in [3.8, 4) is 0 Å². The summed E-state index contributed by atoms with van der Waals surface area (Å²) in [7, 11) is 0. The minimum atomic E-state index is 0.244. The van der Waals surface area contributed by atoms with Gasteiger partial charge in [0.1, 0.15) is 6.17 Å². The minimum Gasteiger partial charge on any atom is -0.265 e. The third-order valence-corrected chi connectivity index (χ3v) is 2.11. The summed E-state index contributed by atoms with van der Waals surface area (Å²) < 4.78 is 1.79. The Bertz CT molecular complexity index is 92.9. The Balaban J connectivity index is 2.45. The molecular formula is C3H6N2S2. The Labute approximate surface area is 52.7 Å². The van der Waals surface area contributed by atoms with E-state index in [1.165, 1.54) is 11.9 Å². The molecule has 0 aromatic rings. The summed E-state index contributed by atoms with van der Waals surface area (Å²) in [6.07, 6.45) is 0.244. The predicted octanol–water partition coefficient (Wildman–Crippen LogP) is 1.17. The van der Waals surface area contributed by atoms with Gasteiger partial charge in [-0.2, -0.15) is 3.71 Å². The SMILES string of the molecule is CC1N=CSN1S. The van der Waals surface area contributed by atoms with Crippen molar-refractivity contribution >= 4 is 30.3 Å². The molecule has 0 spiro atoms. The second-order valence-electron chi connectivity index (χ2n) is 1.29. The van der Waals surface area contributed by atoms with Crippen molar-refractivity contribution in [3.63, 3.8) is 0 Å². The largest absolute Gasteiger partial charge is 0.265 e. The third-order valence-electron chi connectivity index (χ3n) is 0.751. The molecule has 1 atom stereocenters. The second-order valence-corrected chi connectivity index (χ2v) is 2.81. The molecule has 7 heavy (non-hydrogen) atoms. The molecule has 1 aliphatic rings. The summed E-state index contributed by atoms with van der Waals surface area (Å²) in [5, 5.41) is 0. The first kappa shape index (κ1) is 5.47. The summed E-state index contributed by atoms with van der Waals surface area (Å²) in [5.74, 6) is 0. The van der Waals surface area contributed by atoms with Crippen LogP contribution in [0.4, 0.5) is 0 Å². The lowest BCUT2D eigenvalue weighted by Gasteiger charge is -2.06. The maximum absolute atomic E-state index is 4.06. The molecule has 0 saturated heterocycles. The van der Waals surface area contributed by atoms with Crippen LogP contribution in [0.2, 0.25) is 0 Å². The van der Waals surface area contributed by atoms with E-state index in [1.807, 2.05) is 6.92 Å². The zero-order valence-corrected chi connectivity index (χ0v) is 5.62. The fraction of sp³-hybridized carbons (Fsp3) is 0.667. The van der Waals surface area contributed by atoms with Crippen molar-refractivity contribution in [2.75, 3.05) is 0 Å². The average Bonchev–Trinajstić information content (AvgIpc) is 1.91. The van der Waals surface area contributed by atoms with E-state index in [4.69, 9.17) is 0 Å². The van der Waals surface area contributed by atoms with E-state index in [0.29, 0.717) is 0 Å². The molecule has 0 fully saturated rings.